The van der Waals surface area contributed by atoms with Crippen molar-refractivity contribution in [3.8, 4) is 0 Å². The van der Waals surface area contributed by atoms with Crippen molar-refractivity contribution in [3.05, 3.63) is 27.7 Å². The van der Waals surface area contributed by atoms with Gasteiger partial charge < -0.3 is 10.6 Å². The first-order valence-electron chi connectivity index (χ1n) is 4.91. The predicted molar refractivity (Wildman–Crippen MR) is 63.3 cm³/mol. The number of rotatable bonds is 0. The minimum Gasteiger partial charge on any atom is -0.398 e. The average Bonchev–Trinajstić information content (AvgIpc) is 2.23. The second-order valence-electron chi connectivity index (χ2n) is 3.78. The number of carbonyl (C=O) groups is 1. The molecular formula is C11H13BrN2O. The highest BCUT2D eigenvalue weighted by Gasteiger charge is 2.21. The van der Waals surface area contributed by atoms with Crippen LogP contribution in [0.3, 0.4) is 0 Å². The molecule has 3 nitrogen and oxygen atoms in total. The van der Waals surface area contributed by atoms with Crippen molar-refractivity contribution in [1.29, 1.82) is 0 Å². The Bertz CT molecular complexity index is 417. The number of anilines is 1. The SMILES string of the molecule is CC(=O)N1CCc2c(N)ccc(Br)c2C1. The molecule has 0 bridgehead atoms. The normalized spacial score (nSPS) is 14.9. The molecule has 2 rings (SSSR count). The summed E-state index contributed by atoms with van der Waals surface area (Å²) in [5.74, 6) is 0.120. The third kappa shape index (κ3) is 1.86. The Balaban J connectivity index is 2.41. The molecule has 0 aromatic heterocycles. The molecule has 1 aliphatic heterocycles. The van der Waals surface area contributed by atoms with Crippen LogP contribution in [-0.4, -0.2) is 17.4 Å². The lowest BCUT2D eigenvalue weighted by atomic mass is 9.98. The summed E-state index contributed by atoms with van der Waals surface area (Å²) in [7, 11) is 0. The van der Waals surface area contributed by atoms with Gasteiger partial charge in [0.15, 0.2) is 0 Å². The number of hydrogen-bond acceptors (Lipinski definition) is 2. The van der Waals surface area contributed by atoms with Crippen molar-refractivity contribution in [2.45, 2.75) is 19.9 Å². The molecule has 0 fully saturated rings. The van der Waals surface area contributed by atoms with Crippen LogP contribution in [0.2, 0.25) is 0 Å². The summed E-state index contributed by atoms with van der Waals surface area (Å²) in [6, 6.07) is 3.85. The summed E-state index contributed by atoms with van der Waals surface area (Å²) in [6.07, 6.45) is 0.847. The maximum atomic E-state index is 11.3. The van der Waals surface area contributed by atoms with Crippen LogP contribution >= 0.6 is 15.9 Å². The van der Waals surface area contributed by atoms with Crippen LogP contribution in [0.5, 0.6) is 0 Å². The van der Waals surface area contributed by atoms with Gasteiger partial charge in [-0.2, -0.15) is 0 Å². The fourth-order valence-electron chi connectivity index (χ4n) is 1.93. The number of nitrogens with zero attached hydrogens (tertiary/aromatic N) is 1. The second-order valence-corrected chi connectivity index (χ2v) is 4.64. The number of nitrogens with two attached hydrogens (primary N) is 1. The average molecular weight is 269 g/mol. The Morgan fingerprint density at radius 1 is 1.47 bits per heavy atom. The third-order valence-electron chi connectivity index (χ3n) is 2.84. The minimum absolute atomic E-state index is 0.120. The van der Waals surface area contributed by atoms with E-state index in [1.165, 1.54) is 5.56 Å². The largest absolute Gasteiger partial charge is 0.398 e. The third-order valence-corrected chi connectivity index (χ3v) is 3.58. The number of benzene rings is 1. The van der Waals surface area contributed by atoms with Crippen LogP contribution in [-0.2, 0) is 17.8 Å². The molecule has 1 aromatic rings. The number of fused-ring (bicyclic) bond motifs is 1. The van der Waals surface area contributed by atoms with E-state index < -0.39 is 0 Å². The lowest BCUT2D eigenvalue weighted by molar-refractivity contribution is -0.129. The quantitative estimate of drug-likeness (QED) is 0.731. The smallest absolute Gasteiger partial charge is 0.219 e. The van der Waals surface area contributed by atoms with Gasteiger partial charge in [0.1, 0.15) is 0 Å². The molecule has 1 aliphatic rings. The maximum absolute atomic E-state index is 11.3. The van der Waals surface area contributed by atoms with Gasteiger partial charge in [0, 0.05) is 30.2 Å². The van der Waals surface area contributed by atoms with Gasteiger partial charge >= 0.3 is 0 Å². The lowest BCUT2D eigenvalue weighted by Gasteiger charge is -2.29. The van der Waals surface area contributed by atoms with Crippen LogP contribution in [0.15, 0.2) is 16.6 Å². The van der Waals surface area contributed by atoms with Crippen molar-refractivity contribution in [2.24, 2.45) is 0 Å². The van der Waals surface area contributed by atoms with Gasteiger partial charge in [-0.05, 0) is 29.7 Å². The zero-order chi connectivity index (χ0) is 11.0. The number of amides is 1. The molecule has 1 amide bonds. The Morgan fingerprint density at radius 3 is 2.87 bits per heavy atom. The van der Waals surface area contributed by atoms with E-state index in [9.17, 15) is 4.79 Å². The van der Waals surface area contributed by atoms with Gasteiger partial charge in [-0.3, -0.25) is 4.79 Å². The van der Waals surface area contributed by atoms with Crippen molar-refractivity contribution in [1.82, 2.24) is 4.90 Å². The van der Waals surface area contributed by atoms with Gasteiger partial charge in [-0.25, -0.2) is 0 Å². The Morgan fingerprint density at radius 2 is 2.20 bits per heavy atom. The highest BCUT2D eigenvalue weighted by atomic mass is 79.9. The fourth-order valence-corrected chi connectivity index (χ4v) is 2.43. The van der Waals surface area contributed by atoms with E-state index >= 15 is 0 Å². The summed E-state index contributed by atoms with van der Waals surface area (Å²) < 4.78 is 1.04. The first-order valence-corrected chi connectivity index (χ1v) is 5.70. The molecule has 0 saturated heterocycles. The first-order chi connectivity index (χ1) is 7.09. The van der Waals surface area contributed by atoms with Crippen LogP contribution < -0.4 is 5.73 Å². The zero-order valence-electron chi connectivity index (χ0n) is 8.59. The number of halogens is 1. The first kappa shape index (κ1) is 10.5. The van der Waals surface area contributed by atoms with Gasteiger partial charge in [0.2, 0.25) is 5.91 Å². The zero-order valence-corrected chi connectivity index (χ0v) is 10.2. The molecular weight excluding hydrogens is 256 g/mol. The molecule has 0 aliphatic carbocycles. The molecule has 0 atom stereocenters. The summed E-state index contributed by atoms with van der Waals surface area (Å²) in [5, 5.41) is 0. The molecule has 1 heterocycles. The molecule has 4 heteroatoms. The van der Waals surface area contributed by atoms with E-state index in [1.807, 2.05) is 17.0 Å². The van der Waals surface area contributed by atoms with Crippen LogP contribution in [0.1, 0.15) is 18.1 Å². The van der Waals surface area contributed by atoms with E-state index in [2.05, 4.69) is 15.9 Å². The number of nitrogen functional groups attached to an aromatic ring is 1. The van der Waals surface area contributed by atoms with Crippen molar-refractivity contribution < 1.29 is 4.79 Å². The van der Waals surface area contributed by atoms with Crippen LogP contribution in [0.25, 0.3) is 0 Å². The van der Waals surface area contributed by atoms with Gasteiger partial charge in [0.05, 0.1) is 0 Å². The Kier molecular flexibility index (Phi) is 2.69. The molecule has 2 N–H and O–H groups in total. The molecule has 15 heavy (non-hydrogen) atoms. The molecule has 0 spiro atoms. The summed E-state index contributed by atoms with van der Waals surface area (Å²) in [5.41, 5.74) is 9.07. The van der Waals surface area contributed by atoms with E-state index in [1.54, 1.807) is 6.92 Å². The fraction of sp³-hybridized carbons (Fsp3) is 0.364. The maximum Gasteiger partial charge on any atom is 0.219 e. The second kappa shape index (κ2) is 3.85. The summed E-state index contributed by atoms with van der Waals surface area (Å²) >= 11 is 3.50. The molecule has 1 aromatic carbocycles. The van der Waals surface area contributed by atoms with Crippen molar-refractivity contribution in [2.75, 3.05) is 12.3 Å². The standard InChI is InChI=1S/C11H13BrN2O/c1-7(15)14-5-4-8-9(6-14)10(12)2-3-11(8)13/h2-3H,4-6,13H2,1H3. The van der Waals surface area contributed by atoms with E-state index in [4.69, 9.17) is 5.73 Å². The molecule has 0 radical (unpaired) electrons. The van der Waals surface area contributed by atoms with Gasteiger partial charge in [-0.15, -0.1) is 0 Å². The Hall–Kier alpha value is -1.03. The highest BCUT2D eigenvalue weighted by molar-refractivity contribution is 9.10. The number of carbonyl (C=O) groups excluding carboxylic acids is 1. The van der Waals surface area contributed by atoms with Gasteiger partial charge in [-0.1, -0.05) is 15.9 Å². The van der Waals surface area contributed by atoms with Gasteiger partial charge in [0.25, 0.3) is 0 Å². The molecule has 0 unspecified atom stereocenters. The number of hydrogen-bond donors (Lipinski definition) is 1. The van der Waals surface area contributed by atoms with E-state index in [-0.39, 0.29) is 5.91 Å². The van der Waals surface area contributed by atoms with Crippen LogP contribution in [0.4, 0.5) is 5.69 Å². The van der Waals surface area contributed by atoms with E-state index in [0.29, 0.717) is 6.54 Å². The van der Waals surface area contributed by atoms with E-state index in [0.717, 1.165) is 28.7 Å². The van der Waals surface area contributed by atoms with Crippen LogP contribution in [0, 0.1) is 0 Å². The van der Waals surface area contributed by atoms with Crippen molar-refractivity contribution in [3.63, 3.8) is 0 Å². The topological polar surface area (TPSA) is 46.3 Å². The molecule has 0 saturated carbocycles. The highest BCUT2D eigenvalue weighted by Crippen LogP contribution is 2.30. The predicted octanol–water partition coefficient (Wildman–Crippen LogP) is 1.94. The summed E-state index contributed by atoms with van der Waals surface area (Å²) in [4.78, 5) is 13.1. The Labute approximate surface area is 97.4 Å². The van der Waals surface area contributed by atoms with Crippen molar-refractivity contribution >= 4 is 27.5 Å². The minimum atomic E-state index is 0.120. The lowest BCUT2D eigenvalue weighted by Crippen LogP contribution is -2.34. The summed E-state index contributed by atoms with van der Waals surface area (Å²) in [6.45, 7) is 3.03. The monoisotopic (exact) mass is 268 g/mol. The molecule has 80 valence electrons.